The second-order valence-electron chi connectivity index (χ2n) is 9.45. The Morgan fingerprint density at radius 3 is 2.50 bits per heavy atom. The maximum atomic E-state index is 13.7. The van der Waals surface area contributed by atoms with Gasteiger partial charge in [-0.15, -0.1) is 0 Å². The SMILES string of the molecule is CCCCCCOc1ccc(C2c3c(oc4ccccc4c3=O)C(=O)N2Cc2ccc(Cl)cc2)cc1OC. The van der Waals surface area contributed by atoms with Gasteiger partial charge in [-0.2, -0.15) is 0 Å². The molecule has 1 aliphatic rings. The Kier molecular flexibility index (Phi) is 7.70. The molecule has 7 heteroatoms. The van der Waals surface area contributed by atoms with Crippen molar-refractivity contribution in [3.63, 3.8) is 0 Å². The number of carbonyl (C=O) groups excluding carboxylic acids is 1. The molecule has 6 nitrogen and oxygen atoms in total. The first kappa shape index (κ1) is 25.9. The first-order valence-corrected chi connectivity index (χ1v) is 13.3. The van der Waals surface area contributed by atoms with Crippen molar-refractivity contribution in [2.24, 2.45) is 0 Å². The molecule has 2 heterocycles. The molecule has 1 unspecified atom stereocenters. The number of rotatable bonds is 10. The smallest absolute Gasteiger partial charge is 0.291 e. The molecule has 38 heavy (non-hydrogen) atoms. The number of hydrogen-bond acceptors (Lipinski definition) is 5. The number of hydrogen-bond donors (Lipinski definition) is 0. The van der Waals surface area contributed by atoms with Crippen LogP contribution in [0.5, 0.6) is 11.5 Å². The van der Waals surface area contributed by atoms with Gasteiger partial charge in [-0.05, 0) is 53.9 Å². The summed E-state index contributed by atoms with van der Waals surface area (Å²) in [6.07, 6.45) is 4.41. The third kappa shape index (κ3) is 5.01. The van der Waals surface area contributed by atoms with E-state index in [2.05, 4.69) is 6.92 Å². The predicted molar refractivity (Wildman–Crippen MR) is 148 cm³/mol. The zero-order valence-corrected chi connectivity index (χ0v) is 22.3. The van der Waals surface area contributed by atoms with Crippen LogP contribution in [0.25, 0.3) is 11.0 Å². The molecule has 3 aromatic carbocycles. The number of para-hydroxylation sites is 1. The van der Waals surface area contributed by atoms with E-state index in [4.69, 9.17) is 25.5 Å². The molecule has 0 aliphatic carbocycles. The second kappa shape index (κ2) is 11.3. The number of fused-ring (bicyclic) bond motifs is 2. The molecule has 0 saturated carbocycles. The average Bonchev–Trinajstić information content (AvgIpc) is 3.21. The van der Waals surface area contributed by atoms with Gasteiger partial charge in [-0.25, -0.2) is 0 Å². The van der Waals surface area contributed by atoms with E-state index >= 15 is 0 Å². The Bertz CT molecular complexity index is 1510. The number of carbonyl (C=O) groups is 1. The highest BCUT2D eigenvalue weighted by molar-refractivity contribution is 6.30. The zero-order chi connectivity index (χ0) is 26.6. The standard InChI is InChI=1S/C31H30ClNO5/c1-3-4-5-8-17-37-25-16-13-21(18-26(25)36-2)28-27-29(34)23-9-6-7-10-24(23)38-30(27)31(35)33(28)19-20-11-14-22(32)15-12-20/h6-7,9-16,18,28H,3-5,8,17,19H2,1-2H3. The summed E-state index contributed by atoms with van der Waals surface area (Å²) < 4.78 is 17.7. The fourth-order valence-corrected chi connectivity index (χ4v) is 5.07. The van der Waals surface area contributed by atoms with E-state index in [1.807, 2.05) is 30.3 Å². The molecular formula is C31H30ClNO5. The molecule has 0 bridgehead atoms. The largest absolute Gasteiger partial charge is 0.493 e. The summed E-state index contributed by atoms with van der Waals surface area (Å²) in [6, 6.07) is 19.2. The highest BCUT2D eigenvalue weighted by atomic mass is 35.5. The van der Waals surface area contributed by atoms with Gasteiger partial charge in [-0.3, -0.25) is 9.59 Å². The van der Waals surface area contributed by atoms with Crippen molar-refractivity contribution in [2.45, 2.75) is 45.2 Å². The van der Waals surface area contributed by atoms with Crippen molar-refractivity contribution in [3.8, 4) is 11.5 Å². The molecule has 1 aromatic heterocycles. The fraction of sp³-hybridized carbons (Fsp3) is 0.290. The lowest BCUT2D eigenvalue weighted by molar-refractivity contribution is 0.0714. The molecule has 196 valence electrons. The minimum Gasteiger partial charge on any atom is -0.493 e. The van der Waals surface area contributed by atoms with Gasteiger partial charge in [0.15, 0.2) is 16.9 Å². The van der Waals surface area contributed by atoms with Crippen LogP contribution in [0.4, 0.5) is 0 Å². The van der Waals surface area contributed by atoms with Crippen LogP contribution < -0.4 is 14.9 Å². The maximum Gasteiger partial charge on any atom is 0.291 e. The molecule has 5 rings (SSSR count). The van der Waals surface area contributed by atoms with E-state index in [0.717, 1.165) is 30.4 Å². The Hall–Kier alpha value is -3.77. The first-order chi connectivity index (χ1) is 18.5. The van der Waals surface area contributed by atoms with E-state index in [1.165, 1.54) is 6.42 Å². The van der Waals surface area contributed by atoms with Gasteiger partial charge in [-0.1, -0.05) is 68.1 Å². The predicted octanol–water partition coefficient (Wildman–Crippen LogP) is 7.16. The molecule has 0 spiro atoms. The second-order valence-corrected chi connectivity index (χ2v) is 9.89. The summed E-state index contributed by atoms with van der Waals surface area (Å²) in [5, 5.41) is 1.05. The number of halogens is 1. The van der Waals surface area contributed by atoms with Crippen LogP contribution in [0.2, 0.25) is 5.02 Å². The molecular weight excluding hydrogens is 502 g/mol. The number of ether oxygens (including phenoxy) is 2. The molecule has 1 atom stereocenters. The van der Waals surface area contributed by atoms with Crippen LogP contribution in [-0.2, 0) is 6.54 Å². The Balaban J connectivity index is 1.56. The van der Waals surface area contributed by atoms with Crippen LogP contribution in [0.1, 0.15) is 65.9 Å². The van der Waals surface area contributed by atoms with E-state index in [9.17, 15) is 9.59 Å². The van der Waals surface area contributed by atoms with Gasteiger partial charge in [0.1, 0.15) is 5.58 Å². The van der Waals surface area contributed by atoms with Crippen LogP contribution in [0.15, 0.2) is 75.9 Å². The average molecular weight is 532 g/mol. The maximum absolute atomic E-state index is 13.7. The van der Waals surface area contributed by atoms with Crippen molar-refractivity contribution >= 4 is 28.5 Å². The molecule has 4 aromatic rings. The van der Waals surface area contributed by atoms with Crippen molar-refractivity contribution in [1.29, 1.82) is 0 Å². The van der Waals surface area contributed by atoms with Gasteiger partial charge in [0, 0.05) is 11.6 Å². The van der Waals surface area contributed by atoms with Gasteiger partial charge in [0.2, 0.25) is 5.76 Å². The van der Waals surface area contributed by atoms with E-state index in [0.29, 0.717) is 39.7 Å². The number of unbranched alkanes of at least 4 members (excludes halogenated alkanes) is 3. The molecule has 0 fully saturated rings. The Labute approximate surface area is 226 Å². The fourth-order valence-electron chi connectivity index (χ4n) is 4.95. The van der Waals surface area contributed by atoms with Crippen LogP contribution in [-0.4, -0.2) is 24.5 Å². The minimum atomic E-state index is -0.651. The topological polar surface area (TPSA) is 69.0 Å². The highest BCUT2D eigenvalue weighted by Crippen LogP contribution is 2.41. The van der Waals surface area contributed by atoms with Gasteiger partial charge < -0.3 is 18.8 Å². The first-order valence-electron chi connectivity index (χ1n) is 12.9. The molecule has 0 N–H and O–H groups in total. The lowest BCUT2D eigenvalue weighted by atomic mass is 9.97. The summed E-state index contributed by atoms with van der Waals surface area (Å²) in [7, 11) is 1.59. The summed E-state index contributed by atoms with van der Waals surface area (Å²) in [5.41, 5.74) is 2.13. The van der Waals surface area contributed by atoms with E-state index in [1.54, 1.807) is 48.4 Å². The lowest BCUT2D eigenvalue weighted by Gasteiger charge is -2.26. The van der Waals surface area contributed by atoms with Crippen LogP contribution in [0.3, 0.4) is 0 Å². The van der Waals surface area contributed by atoms with Gasteiger partial charge in [0.25, 0.3) is 5.91 Å². The monoisotopic (exact) mass is 531 g/mol. The summed E-state index contributed by atoms with van der Waals surface area (Å²) in [5.74, 6) is 0.920. The molecule has 1 aliphatic heterocycles. The van der Waals surface area contributed by atoms with E-state index < -0.39 is 6.04 Å². The summed E-state index contributed by atoms with van der Waals surface area (Å²) in [6.45, 7) is 3.05. The number of amides is 1. The third-order valence-corrected chi connectivity index (χ3v) is 7.15. The lowest BCUT2D eigenvalue weighted by Crippen LogP contribution is -2.29. The summed E-state index contributed by atoms with van der Waals surface area (Å²) in [4.78, 5) is 29.1. The van der Waals surface area contributed by atoms with Crippen molar-refractivity contribution in [1.82, 2.24) is 4.90 Å². The number of benzene rings is 3. The molecule has 0 radical (unpaired) electrons. The van der Waals surface area contributed by atoms with Gasteiger partial charge >= 0.3 is 0 Å². The quantitative estimate of drug-likeness (QED) is 0.203. The summed E-state index contributed by atoms with van der Waals surface area (Å²) >= 11 is 6.08. The molecule has 1 amide bonds. The zero-order valence-electron chi connectivity index (χ0n) is 21.5. The highest BCUT2D eigenvalue weighted by Gasteiger charge is 2.43. The van der Waals surface area contributed by atoms with Gasteiger partial charge in [0.05, 0.1) is 30.7 Å². The third-order valence-electron chi connectivity index (χ3n) is 6.90. The number of nitrogens with zero attached hydrogens (tertiary/aromatic N) is 1. The minimum absolute atomic E-state index is 0.0721. The van der Waals surface area contributed by atoms with Crippen molar-refractivity contribution in [3.05, 3.63) is 104 Å². The Morgan fingerprint density at radius 1 is 0.947 bits per heavy atom. The van der Waals surface area contributed by atoms with Crippen LogP contribution in [0, 0.1) is 0 Å². The van der Waals surface area contributed by atoms with E-state index in [-0.39, 0.29) is 23.6 Å². The van der Waals surface area contributed by atoms with Crippen molar-refractivity contribution in [2.75, 3.05) is 13.7 Å². The normalized spacial score (nSPS) is 14.7. The van der Waals surface area contributed by atoms with Crippen LogP contribution >= 0.6 is 11.6 Å². The Morgan fingerprint density at radius 2 is 1.74 bits per heavy atom. The molecule has 0 saturated heterocycles. The number of methoxy groups -OCH3 is 1. The van der Waals surface area contributed by atoms with Crippen molar-refractivity contribution < 1.29 is 18.7 Å².